The summed E-state index contributed by atoms with van der Waals surface area (Å²) in [6.45, 7) is 7.48. The molecule has 3 unspecified atom stereocenters. The van der Waals surface area contributed by atoms with Gasteiger partial charge in [-0.25, -0.2) is 0 Å². The maximum Gasteiger partial charge on any atom is 0.0434 e. The summed E-state index contributed by atoms with van der Waals surface area (Å²) in [6.07, 6.45) is 3.57. The van der Waals surface area contributed by atoms with Gasteiger partial charge in [0.05, 0.1) is 0 Å². The van der Waals surface area contributed by atoms with Crippen LogP contribution < -0.4 is 5.32 Å². The largest absolute Gasteiger partial charge is 0.396 e. The number of aliphatic hydroxyl groups excluding tert-OH is 1. The van der Waals surface area contributed by atoms with Gasteiger partial charge < -0.3 is 10.4 Å². The van der Waals surface area contributed by atoms with Crippen LogP contribution in [0.1, 0.15) is 26.2 Å². The van der Waals surface area contributed by atoms with Crippen molar-refractivity contribution in [2.24, 2.45) is 11.8 Å². The summed E-state index contributed by atoms with van der Waals surface area (Å²) in [5.41, 5.74) is 0. The quantitative estimate of drug-likeness (QED) is 0.719. The zero-order valence-corrected chi connectivity index (χ0v) is 9.78. The zero-order valence-electron chi connectivity index (χ0n) is 9.78. The predicted molar refractivity (Wildman–Crippen MR) is 61.8 cm³/mol. The molecule has 0 amide bonds. The Morgan fingerprint density at radius 1 is 1.40 bits per heavy atom. The van der Waals surface area contributed by atoms with Crippen molar-refractivity contribution in [3.05, 3.63) is 0 Å². The average molecular weight is 212 g/mol. The van der Waals surface area contributed by atoms with Crippen molar-refractivity contribution in [3.8, 4) is 0 Å². The molecule has 2 N–H and O–H groups in total. The van der Waals surface area contributed by atoms with E-state index in [0.29, 0.717) is 6.61 Å². The van der Waals surface area contributed by atoms with Crippen molar-refractivity contribution < 1.29 is 5.11 Å². The number of nitrogens with zero attached hydrogens (tertiary/aromatic N) is 1. The van der Waals surface area contributed by atoms with Crippen LogP contribution >= 0.6 is 0 Å². The van der Waals surface area contributed by atoms with Gasteiger partial charge in [-0.1, -0.05) is 13.3 Å². The molecule has 3 heteroatoms. The molecule has 15 heavy (non-hydrogen) atoms. The number of likely N-dealkylation sites (tertiary alicyclic amines) is 1. The molecule has 0 aliphatic carbocycles. The minimum atomic E-state index is 0.360. The molecular formula is C12H24N2O. The first-order valence-electron chi connectivity index (χ1n) is 6.40. The summed E-state index contributed by atoms with van der Waals surface area (Å²) in [7, 11) is 0. The van der Waals surface area contributed by atoms with Crippen LogP contribution in [-0.2, 0) is 0 Å². The highest BCUT2D eigenvalue weighted by molar-refractivity contribution is 4.91. The highest BCUT2D eigenvalue weighted by Crippen LogP contribution is 2.26. The Morgan fingerprint density at radius 2 is 2.27 bits per heavy atom. The molecule has 2 rings (SSSR count). The zero-order chi connectivity index (χ0) is 10.7. The number of hydrogen-bond acceptors (Lipinski definition) is 3. The molecule has 0 aromatic heterocycles. The molecule has 2 saturated heterocycles. The lowest BCUT2D eigenvalue weighted by molar-refractivity contribution is 0.193. The van der Waals surface area contributed by atoms with Gasteiger partial charge in [-0.15, -0.1) is 0 Å². The molecule has 3 atom stereocenters. The number of hydrogen-bond donors (Lipinski definition) is 2. The molecule has 2 heterocycles. The summed E-state index contributed by atoms with van der Waals surface area (Å²) in [5.74, 6) is 1.59. The van der Waals surface area contributed by atoms with E-state index in [2.05, 4.69) is 17.1 Å². The monoisotopic (exact) mass is 212 g/mol. The third-order valence-corrected chi connectivity index (χ3v) is 4.15. The third-order valence-electron chi connectivity index (χ3n) is 4.15. The smallest absolute Gasteiger partial charge is 0.0434 e. The van der Waals surface area contributed by atoms with Gasteiger partial charge in [0.15, 0.2) is 0 Å². The highest BCUT2D eigenvalue weighted by atomic mass is 16.3. The van der Waals surface area contributed by atoms with Crippen molar-refractivity contribution in [3.63, 3.8) is 0 Å². The minimum Gasteiger partial charge on any atom is -0.396 e. The van der Waals surface area contributed by atoms with Crippen LogP contribution in [0.3, 0.4) is 0 Å². The lowest BCUT2D eigenvalue weighted by Crippen LogP contribution is -2.39. The maximum atomic E-state index is 8.95. The van der Waals surface area contributed by atoms with Crippen LogP contribution in [0.5, 0.6) is 0 Å². The molecule has 88 valence electrons. The van der Waals surface area contributed by atoms with Crippen LogP contribution in [0.25, 0.3) is 0 Å². The minimum absolute atomic E-state index is 0.360. The first-order chi connectivity index (χ1) is 7.35. The Balaban J connectivity index is 1.84. The summed E-state index contributed by atoms with van der Waals surface area (Å²) >= 11 is 0. The predicted octanol–water partition coefficient (Wildman–Crippen LogP) is 0.689. The van der Waals surface area contributed by atoms with Gasteiger partial charge in [0, 0.05) is 25.7 Å². The normalized spacial score (nSPS) is 37.6. The van der Waals surface area contributed by atoms with E-state index >= 15 is 0 Å². The molecule has 0 bridgehead atoms. The van der Waals surface area contributed by atoms with E-state index < -0.39 is 0 Å². The van der Waals surface area contributed by atoms with Crippen LogP contribution in [-0.4, -0.2) is 48.8 Å². The fourth-order valence-corrected chi connectivity index (χ4v) is 3.15. The van der Waals surface area contributed by atoms with E-state index in [1.165, 1.54) is 39.0 Å². The number of rotatable bonds is 4. The second kappa shape index (κ2) is 5.28. The lowest BCUT2D eigenvalue weighted by Gasteiger charge is -2.28. The van der Waals surface area contributed by atoms with Crippen molar-refractivity contribution in [1.29, 1.82) is 0 Å². The Labute approximate surface area is 92.8 Å². The SMILES string of the molecule is CCC1CNCC1N1CCC(CCO)C1. The van der Waals surface area contributed by atoms with Crippen LogP contribution in [0.2, 0.25) is 0 Å². The van der Waals surface area contributed by atoms with Gasteiger partial charge in [-0.05, 0) is 37.8 Å². The Bertz CT molecular complexity index is 198. The van der Waals surface area contributed by atoms with Crippen molar-refractivity contribution in [1.82, 2.24) is 10.2 Å². The summed E-state index contributed by atoms with van der Waals surface area (Å²) in [5, 5.41) is 12.5. The fraction of sp³-hybridized carbons (Fsp3) is 1.00. The van der Waals surface area contributed by atoms with Crippen molar-refractivity contribution in [2.45, 2.75) is 32.2 Å². The van der Waals surface area contributed by atoms with Crippen molar-refractivity contribution >= 4 is 0 Å². The lowest BCUT2D eigenvalue weighted by atomic mass is 9.99. The molecule has 0 saturated carbocycles. The molecule has 2 aliphatic rings. The highest BCUT2D eigenvalue weighted by Gasteiger charge is 2.34. The average Bonchev–Trinajstić information content (AvgIpc) is 2.84. The van der Waals surface area contributed by atoms with Gasteiger partial charge >= 0.3 is 0 Å². The summed E-state index contributed by atoms with van der Waals surface area (Å²) in [6, 6.07) is 0.763. The van der Waals surface area contributed by atoms with Gasteiger partial charge in [-0.3, -0.25) is 4.90 Å². The summed E-state index contributed by atoms with van der Waals surface area (Å²) in [4.78, 5) is 2.65. The molecule has 2 fully saturated rings. The first kappa shape index (κ1) is 11.4. The topological polar surface area (TPSA) is 35.5 Å². The van der Waals surface area contributed by atoms with E-state index in [0.717, 1.165) is 24.3 Å². The van der Waals surface area contributed by atoms with Gasteiger partial charge in [0.1, 0.15) is 0 Å². The second-order valence-electron chi connectivity index (χ2n) is 5.06. The summed E-state index contributed by atoms with van der Waals surface area (Å²) < 4.78 is 0. The van der Waals surface area contributed by atoms with Gasteiger partial charge in [0.2, 0.25) is 0 Å². The van der Waals surface area contributed by atoms with Crippen LogP contribution in [0.4, 0.5) is 0 Å². The molecule has 0 radical (unpaired) electrons. The molecule has 3 nitrogen and oxygen atoms in total. The molecule has 0 aromatic rings. The fourth-order valence-electron chi connectivity index (χ4n) is 3.15. The molecule has 2 aliphatic heterocycles. The molecule has 0 aromatic carbocycles. The van der Waals surface area contributed by atoms with E-state index in [1.807, 2.05) is 0 Å². The van der Waals surface area contributed by atoms with Crippen LogP contribution in [0.15, 0.2) is 0 Å². The standard InChI is InChI=1S/C12H24N2O/c1-2-11-7-13-8-12(11)14-5-3-10(9-14)4-6-15/h10-13,15H,2-9H2,1H3. The van der Waals surface area contributed by atoms with Gasteiger partial charge in [0.25, 0.3) is 0 Å². The Hall–Kier alpha value is -0.120. The van der Waals surface area contributed by atoms with E-state index in [4.69, 9.17) is 5.11 Å². The van der Waals surface area contributed by atoms with Gasteiger partial charge in [-0.2, -0.15) is 0 Å². The molecular weight excluding hydrogens is 188 g/mol. The van der Waals surface area contributed by atoms with E-state index in [1.54, 1.807) is 0 Å². The van der Waals surface area contributed by atoms with E-state index in [-0.39, 0.29) is 0 Å². The first-order valence-corrected chi connectivity index (χ1v) is 6.40. The van der Waals surface area contributed by atoms with Crippen LogP contribution in [0, 0.1) is 11.8 Å². The second-order valence-corrected chi connectivity index (χ2v) is 5.06. The Morgan fingerprint density at radius 3 is 3.00 bits per heavy atom. The maximum absolute atomic E-state index is 8.95. The van der Waals surface area contributed by atoms with E-state index in [9.17, 15) is 0 Å². The Kier molecular flexibility index (Phi) is 4.00. The van der Waals surface area contributed by atoms with Crippen molar-refractivity contribution in [2.75, 3.05) is 32.8 Å². The molecule has 0 spiro atoms. The third kappa shape index (κ3) is 2.52. The number of aliphatic hydroxyl groups is 1. The number of nitrogens with one attached hydrogen (secondary N) is 1.